The van der Waals surface area contributed by atoms with Crippen LogP contribution in [0.25, 0.3) is 0 Å². The van der Waals surface area contributed by atoms with Gasteiger partial charge in [0.05, 0.1) is 6.04 Å². The molecule has 2 N–H and O–H groups in total. The quantitative estimate of drug-likeness (QED) is 0.788. The fraction of sp³-hybridized carbons (Fsp3) is 0.316. The first kappa shape index (κ1) is 15.0. The van der Waals surface area contributed by atoms with Gasteiger partial charge in [0.1, 0.15) is 0 Å². The summed E-state index contributed by atoms with van der Waals surface area (Å²) >= 11 is 5.51. The van der Waals surface area contributed by atoms with E-state index in [-0.39, 0.29) is 0 Å². The van der Waals surface area contributed by atoms with Crippen LogP contribution in [0.2, 0.25) is 0 Å². The first-order valence-corrected chi connectivity index (χ1v) is 8.26. The summed E-state index contributed by atoms with van der Waals surface area (Å²) in [5.41, 5.74) is 6.37. The maximum atomic E-state index is 5.51. The smallest absolute Gasteiger partial charge is 0.171 e. The molecule has 114 valence electrons. The third kappa shape index (κ3) is 3.47. The summed E-state index contributed by atoms with van der Waals surface area (Å²) in [7, 11) is 0. The number of anilines is 1. The summed E-state index contributed by atoms with van der Waals surface area (Å²) in [5.74, 6) is 0. The Bertz CT molecular complexity index is 673. The summed E-state index contributed by atoms with van der Waals surface area (Å²) in [6, 6.07) is 15.4. The Balaban J connectivity index is 1.70. The fourth-order valence-corrected chi connectivity index (χ4v) is 3.54. The van der Waals surface area contributed by atoms with E-state index in [0.717, 1.165) is 12.1 Å². The molecule has 1 atom stereocenters. The molecule has 0 radical (unpaired) electrons. The average Bonchev–Trinajstić information content (AvgIpc) is 2.46. The van der Waals surface area contributed by atoms with Crippen molar-refractivity contribution in [3.05, 3.63) is 64.7 Å². The number of nitrogens with one attached hydrogen (secondary N) is 2. The van der Waals surface area contributed by atoms with Gasteiger partial charge in [-0.2, -0.15) is 0 Å². The molecule has 1 aliphatic rings. The van der Waals surface area contributed by atoms with Crippen molar-refractivity contribution in [1.29, 1.82) is 0 Å². The summed E-state index contributed by atoms with van der Waals surface area (Å²) in [4.78, 5) is 0. The zero-order valence-electron chi connectivity index (χ0n) is 13.1. The highest BCUT2D eigenvalue weighted by Crippen LogP contribution is 2.29. The lowest BCUT2D eigenvalue weighted by Gasteiger charge is -2.27. The summed E-state index contributed by atoms with van der Waals surface area (Å²) in [6.45, 7) is 4.21. The second-order valence-electron chi connectivity index (χ2n) is 6.12. The first-order chi connectivity index (χ1) is 10.6. The molecule has 0 saturated heterocycles. The molecule has 0 unspecified atom stereocenters. The van der Waals surface area contributed by atoms with Crippen LogP contribution in [0.3, 0.4) is 0 Å². The Morgan fingerprint density at radius 1 is 1.09 bits per heavy atom. The van der Waals surface area contributed by atoms with E-state index in [4.69, 9.17) is 12.2 Å². The highest BCUT2D eigenvalue weighted by atomic mass is 32.1. The van der Waals surface area contributed by atoms with Crippen LogP contribution in [0.15, 0.2) is 42.5 Å². The summed E-state index contributed by atoms with van der Waals surface area (Å²) < 4.78 is 0. The highest BCUT2D eigenvalue weighted by Gasteiger charge is 2.20. The van der Waals surface area contributed by atoms with Crippen molar-refractivity contribution in [2.75, 3.05) is 5.32 Å². The number of hydrogen-bond acceptors (Lipinski definition) is 1. The van der Waals surface area contributed by atoms with Crippen molar-refractivity contribution < 1.29 is 0 Å². The highest BCUT2D eigenvalue weighted by molar-refractivity contribution is 7.80. The predicted octanol–water partition coefficient (Wildman–Crippen LogP) is 4.67. The molecular formula is C19H22N2S. The largest absolute Gasteiger partial charge is 0.356 e. The Kier molecular flexibility index (Phi) is 4.44. The van der Waals surface area contributed by atoms with Crippen molar-refractivity contribution in [3.63, 3.8) is 0 Å². The molecule has 2 nitrogen and oxygen atoms in total. The van der Waals surface area contributed by atoms with E-state index in [2.05, 4.69) is 66.9 Å². The topological polar surface area (TPSA) is 24.1 Å². The third-order valence-corrected chi connectivity index (χ3v) is 4.37. The van der Waals surface area contributed by atoms with Gasteiger partial charge in [-0.1, -0.05) is 30.3 Å². The van der Waals surface area contributed by atoms with Crippen LogP contribution in [0.5, 0.6) is 0 Å². The molecule has 1 aliphatic carbocycles. The number of hydrogen-bond donors (Lipinski definition) is 2. The van der Waals surface area contributed by atoms with Gasteiger partial charge in [-0.15, -0.1) is 0 Å². The molecule has 2 aromatic carbocycles. The van der Waals surface area contributed by atoms with Gasteiger partial charge in [-0.25, -0.2) is 0 Å². The second kappa shape index (κ2) is 6.49. The molecule has 0 bridgehead atoms. The standard InChI is InChI=1S/C19H22N2S/c1-13-10-14(2)12-16(11-13)20-19(22)21-18-9-5-7-15-6-3-4-8-17(15)18/h3-4,6,8,10-12,18H,5,7,9H2,1-2H3,(H2,20,21,22)/t18-/m0/s1. The predicted molar refractivity (Wildman–Crippen MR) is 97.4 cm³/mol. The molecule has 0 aliphatic heterocycles. The molecule has 0 fully saturated rings. The lowest BCUT2D eigenvalue weighted by Crippen LogP contribution is -2.34. The SMILES string of the molecule is Cc1cc(C)cc(NC(=S)N[C@H]2CCCc3ccccc32)c1. The Labute approximate surface area is 137 Å². The molecule has 0 heterocycles. The second-order valence-corrected chi connectivity index (χ2v) is 6.53. The van der Waals surface area contributed by atoms with E-state index in [0.29, 0.717) is 11.2 Å². The van der Waals surface area contributed by atoms with Crippen molar-refractivity contribution >= 4 is 23.0 Å². The number of benzene rings is 2. The monoisotopic (exact) mass is 310 g/mol. The Hall–Kier alpha value is -1.87. The van der Waals surface area contributed by atoms with Crippen LogP contribution >= 0.6 is 12.2 Å². The molecule has 0 spiro atoms. The van der Waals surface area contributed by atoms with E-state index in [1.165, 1.54) is 35.1 Å². The van der Waals surface area contributed by atoms with Crippen LogP contribution in [0.1, 0.15) is 41.1 Å². The van der Waals surface area contributed by atoms with Gasteiger partial charge in [0.2, 0.25) is 0 Å². The van der Waals surface area contributed by atoms with Crippen LogP contribution in [0, 0.1) is 13.8 Å². The van der Waals surface area contributed by atoms with E-state index in [1.54, 1.807) is 0 Å². The molecule has 0 saturated carbocycles. The fourth-order valence-electron chi connectivity index (χ4n) is 3.28. The van der Waals surface area contributed by atoms with Crippen molar-refractivity contribution in [1.82, 2.24) is 5.32 Å². The van der Waals surface area contributed by atoms with E-state index in [9.17, 15) is 0 Å². The molecule has 0 aromatic heterocycles. The zero-order valence-corrected chi connectivity index (χ0v) is 14.0. The van der Waals surface area contributed by atoms with Crippen LogP contribution in [0.4, 0.5) is 5.69 Å². The maximum Gasteiger partial charge on any atom is 0.171 e. The molecule has 0 amide bonds. The lowest BCUT2D eigenvalue weighted by atomic mass is 9.88. The normalized spacial score (nSPS) is 16.7. The van der Waals surface area contributed by atoms with Gasteiger partial charge >= 0.3 is 0 Å². The minimum absolute atomic E-state index is 0.316. The lowest BCUT2D eigenvalue weighted by molar-refractivity contribution is 0.529. The number of rotatable bonds is 2. The van der Waals surface area contributed by atoms with E-state index >= 15 is 0 Å². The van der Waals surface area contributed by atoms with Crippen LogP contribution < -0.4 is 10.6 Å². The molecule has 22 heavy (non-hydrogen) atoms. The van der Waals surface area contributed by atoms with Gasteiger partial charge in [0.25, 0.3) is 0 Å². The van der Waals surface area contributed by atoms with Gasteiger partial charge < -0.3 is 10.6 Å². The molecule has 3 rings (SSSR count). The summed E-state index contributed by atoms with van der Waals surface area (Å²) in [5, 5.41) is 7.51. The Morgan fingerprint density at radius 3 is 2.59 bits per heavy atom. The zero-order chi connectivity index (χ0) is 15.5. The molecule has 2 aromatic rings. The third-order valence-electron chi connectivity index (χ3n) is 4.15. The van der Waals surface area contributed by atoms with Crippen LogP contribution in [-0.2, 0) is 6.42 Å². The van der Waals surface area contributed by atoms with Gasteiger partial charge in [-0.05, 0) is 79.7 Å². The minimum Gasteiger partial charge on any atom is -0.356 e. The Morgan fingerprint density at radius 2 is 1.82 bits per heavy atom. The van der Waals surface area contributed by atoms with Crippen molar-refractivity contribution in [2.45, 2.75) is 39.2 Å². The minimum atomic E-state index is 0.316. The molecular weight excluding hydrogens is 288 g/mol. The first-order valence-electron chi connectivity index (χ1n) is 7.85. The average molecular weight is 310 g/mol. The van der Waals surface area contributed by atoms with Gasteiger partial charge in [-0.3, -0.25) is 0 Å². The van der Waals surface area contributed by atoms with Gasteiger partial charge in [0, 0.05) is 5.69 Å². The van der Waals surface area contributed by atoms with Crippen molar-refractivity contribution in [2.24, 2.45) is 0 Å². The molecule has 3 heteroatoms. The maximum absolute atomic E-state index is 5.51. The number of fused-ring (bicyclic) bond motifs is 1. The number of aryl methyl sites for hydroxylation is 3. The van der Waals surface area contributed by atoms with E-state index in [1.807, 2.05) is 0 Å². The van der Waals surface area contributed by atoms with E-state index < -0.39 is 0 Å². The van der Waals surface area contributed by atoms with Crippen LogP contribution in [-0.4, -0.2) is 5.11 Å². The summed E-state index contributed by atoms with van der Waals surface area (Å²) in [6.07, 6.45) is 3.51. The number of thiocarbonyl (C=S) groups is 1. The van der Waals surface area contributed by atoms with Crippen molar-refractivity contribution in [3.8, 4) is 0 Å². The van der Waals surface area contributed by atoms with Gasteiger partial charge in [0.15, 0.2) is 5.11 Å².